The van der Waals surface area contributed by atoms with Gasteiger partial charge in [0, 0.05) is 38.8 Å². The molecule has 0 saturated carbocycles. The first kappa shape index (κ1) is 27.1. The van der Waals surface area contributed by atoms with E-state index in [2.05, 4.69) is 69.0 Å². The number of imide groups is 1. The van der Waals surface area contributed by atoms with Gasteiger partial charge in [-0.25, -0.2) is 0 Å². The molecule has 1 fully saturated rings. The predicted octanol–water partition coefficient (Wildman–Crippen LogP) is 3.58. The van der Waals surface area contributed by atoms with Crippen LogP contribution < -0.4 is 10.2 Å². The number of hydrogen-bond acceptors (Lipinski definition) is 5. The highest BCUT2D eigenvalue weighted by Crippen LogP contribution is 2.29. The minimum Gasteiger partial charge on any atom is -0.371 e. The average molecular weight is 433 g/mol. The van der Waals surface area contributed by atoms with Crippen molar-refractivity contribution in [2.75, 3.05) is 58.8 Å². The first-order valence-electron chi connectivity index (χ1n) is 11.7. The van der Waals surface area contributed by atoms with Gasteiger partial charge in [-0.15, -0.1) is 0 Å². The maximum Gasteiger partial charge on any atom is 0.236 e. The van der Waals surface area contributed by atoms with Crippen molar-refractivity contribution in [3.8, 4) is 0 Å². The SMILES string of the molecule is CCN(CCN(C)C)c1ccc(C2CCC(=O)N(C)C2=O)cc1.CCNCCC(C)C. The molecular formula is C25H44N4O2. The molecule has 1 atom stereocenters. The minimum absolute atomic E-state index is 0.0799. The smallest absolute Gasteiger partial charge is 0.236 e. The van der Waals surface area contributed by atoms with Gasteiger partial charge in [0.15, 0.2) is 0 Å². The molecule has 2 amide bonds. The maximum atomic E-state index is 12.3. The summed E-state index contributed by atoms with van der Waals surface area (Å²) in [7, 11) is 5.72. The Bertz CT molecular complexity index is 658. The summed E-state index contributed by atoms with van der Waals surface area (Å²) in [5, 5.41) is 3.28. The van der Waals surface area contributed by atoms with Crippen molar-refractivity contribution in [2.24, 2.45) is 5.92 Å². The van der Waals surface area contributed by atoms with Crippen LogP contribution in [0.4, 0.5) is 5.69 Å². The summed E-state index contributed by atoms with van der Waals surface area (Å²) < 4.78 is 0. The minimum atomic E-state index is -0.191. The molecule has 1 aromatic carbocycles. The van der Waals surface area contributed by atoms with Gasteiger partial charge in [-0.3, -0.25) is 14.5 Å². The van der Waals surface area contributed by atoms with Crippen LogP contribution in [-0.2, 0) is 9.59 Å². The van der Waals surface area contributed by atoms with Gasteiger partial charge < -0.3 is 15.1 Å². The molecule has 0 aromatic heterocycles. The number of anilines is 1. The van der Waals surface area contributed by atoms with Crippen LogP contribution in [0.15, 0.2) is 24.3 Å². The summed E-state index contributed by atoms with van der Waals surface area (Å²) in [5.41, 5.74) is 2.17. The lowest BCUT2D eigenvalue weighted by atomic mass is 9.89. The molecule has 1 unspecified atom stereocenters. The van der Waals surface area contributed by atoms with Crippen molar-refractivity contribution in [2.45, 2.75) is 52.9 Å². The number of carbonyl (C=O) groups excluding carboxylic acids is 2. The quantitative estimate of drug-likeness (QED) is 0.452. The molecule has 1 aliphatic rings. The molecule has 0 bridgehead atoms. The molecular weight excluding hydrogens is 388 g/mol. The standard InChI is InChI=1S/C18H27N3O2.C7H17N/c1-5-21(13-12-19(2)3)15-8-6-14(7-9-15)16-10-11-17(22)20(4)18(16)23;1-4-8-6-5-7(2)3/h6-9,16H,5,10-13H2,1-4H3;7-8H,4-6H2,1-3H3. The fourth-order valence-corrected chi connectivity index (χ4v) is 3.50. The van der Waals surface area contributed by atoms with Crippen LogP contribution in [0.5, 0.6) is 0 Å². The lowest BCUT2D eigenvalue weighted by molar-refractivity contribution is -0.147. The zero-order valence-electron chi connectivity index (χ0n) is 20.8. The normalized spacial score (nSPS) is 16.5. The fourth-order valence-electron chi connectivity index (χ4n) is 3.50. The van der Waals surface area contributed by atoms with E-state index in [1.807, 2.05) is 12.1 Å². The number of benzene rings is 1. The molecule has 1 saturated heterocycles. The lowest BCUT2D eigenvalue weighted by Gasteiger charge is -2.29. The Labute approximate surface area is 190 Å². The van der Waals surface area contributed by atoms with E-state index in [1.165, 1.54) is 23.6 Å². The van der Waals surface area contributed by atoms with Crippen molar-refractivity contribution in [3.05, 3.63) is 29.8 Å². The van der Waals surface area contributed by atoms with Gasteiger partial charge >= 0.3 is 0 Å². The van der Waals surface area contributed by atoms with Crippen LogP contribution in [0.3, 0.4) is 0 Å². The predicted molar refractivity (Wildman–Crippen MR) is 131 cm³/mol. The van der Waals surface area contributed by atoms with Crippen molar-refractivity contribution >= 4 is 17.5 Å². The summed E-state index contributed by atoms with van der Waals surface area (Å²) >= 11 is 0. The zero-order valence-corrected chi connectivity index (χ0v) is 20.8. The van der Waals surface area contributed by atoms with Crippen molar-refractivity contribution in [1.82, 2.24) is 15.1 Å². The first-order chi connectivity index (χ1) is 14.7. The highest BCUT2D eigenvalue weighted by molar-refractivity contribution is 6.00. The van der Waals surface area contributed by atoms with E-state index in [0.717, 1.165) is 37.7 Å². The molecule has 1 heterocycles. The van der Waals surface area contributed by atoms with Gasteiger partial charge in [0.25, 0.3) is 0 Å². The molecule has 2 rings (SSSR count). The number of nitrogens with zero attached hydrogens (tertiary/aromatic N) is 3. The summed E-state index contributed by atoms with van der Waals surface area (Å²) in [6, 6.07) is 8.22. The largest absolute Gasteiger partial charge is 0.371 e. The number of likely N-dealkylation sites (N-methyl/N-ethyl adjacent to an activating group) is 3. The number of hydrogen-bond donors (Lipinski definition) is 1. The summed E-state index contributed by atoms with van der Waals surface area (Å²) in [5.74, 6) is 0.482. The van der Waals surface area contributed by atoms with Gasteiger partial charge in [0.1, 0.15) is 0 Å². The third kappa shape index (κ3) is 9.40. The van der Waals surface area contributed by atoms with Crippen molar-refractivity contribution in [1.29, 1.82) is 0 Å². The second-order valence-electron chi connectivity index (χ2n) is 8.89. The third-order valence-corrected chi connectivity index (χ3v) is 5.66. The first-order valence-corrected chi connectivity index (χ1v) is 11.7. The number of rotatable bonds is 10. The van der Waals surface area contributed by atoms with Gasteiger partial charge in [-0.1, -0.05) is 32.9 Å². The molecule has 0 aliphatic carbocycles. The van der Waals surface area contributed by atoms with Gasteiger partial charge in [-0.05, 0) is 70.6 Å². The topological polar surface area (TPSA) is 55.9 Å². The van der Waals surface area contributed by atoms with E-state index in [4.69, 9.17) is 0 Å². The highest BCUT2D eigenvalue weighted by Gasteiger charge is 2.32. The Balaban J connectivity index is 0.000000512. The van der Waals surface area contributed by atoms with E-state index >= 15 is 0 Å². The molecule has 0 radical (unpaired) electrons. The van der Waals surface area contributed by atoms with Gasteiger partial charge in [0.05, 0.1) is 5.92 Å². The van der Waals surface area contributed by atoms with E-state index < -0.39 is 0 Å². The van der Waals surface area contributed by atoms with E-state index in [1.54, 1.807) is 7.05 Å². The second-order valence-corrected chi connectivity index (χ2v) is 8.89. The monoisotopic (exact) mass is 432 g/mol. The van der Waals surface area contributed by atoms with Crippen LogP contribution in [-0.4, -0.2) is 75.5 Å². The molecule has 176 valence electrons. The number of piperidine rings is 1. The molecule has 1 aliphatic heterocycles. The van der Waals surface area contributed by atoms with Crippen LogP contribution >= 0.6 is 0 Å². The summed E-state index contributed by atoms with van der Waals surface area (Å²) in [6.45, 7) is 14.0. The zero-order chi connectivity index (χ0) is 23.4. The number of likely N-dealkylation sites (tertiary alicyclic amines) is 1. The number of carbonyl (C=O) groups is 2. The van der Waals surface area contributed by atoms with Crippen LogP contribution in [0.2, 0.25) is 0 Å². The molecule has 6 heteroatoms. The van der Waals surface area contributed by atoms with Gasteiger partial charge in [-0.2, -0.15) is 0 Å². The summed E-state index contributed by atoms with van der Waals surface area (Å²) in [4.78, 5) is 29.6. The van der Waals surface area contributed by atoms with Crippen LogP contribution in [0.25, 0.3) is 0 Å². The Hall–Kier alpha value is -1.92. The molecule has 31 heavy (non-hydrogen) atoms. The average Bonchev–Trinajstić information content (AvgIpc) is 2.73. The molecule has 1 aromatic rings. The molecule has 1 N–H and O–H groups in total. The molecule has 0 spiro atoms. The van der Waals surface area contributed by atoms with Crippen molar-refractivity contribution < 1.29 is 9.59 Å². The maximum absolute atomic E-state index is 12.3. The Morgan fingerprint density at radius 3 is 2.26 bits per heavy atom. The summed E-state index contributed by atoms with van der Waals surface area (Å²) in [6.07, 6.45) is 2.35. The van der Waals surface area contributed by atoms with Crippen molar-refractivity contribution in [3.63, 3.8) is 0 Å². The highest BCUT2D eigenvalue weighted by atomic mass is 16.2. The van der Waals surface area contributed by atoms with E-state index in [9.17, 15) is 9.59 Å². The Morgan fingerprint density at radius 1 is 1.10 bits per heavy atom. The Morgan fingerprint density at radius 2 is 1.74 bits per heavy atom. The second kappa shape index (κ2) is 14.2. The van der Waals surface area contributed by atoms with E-state index in [0.29, 0.717) is 12.8 Å². The Kier molecular flexibility index (Phi) is 12.4. The van der Waals surface area contributed by atoms with Crippen LogP contribution in [0.1, 0.15) is 58.4 Å². The number of nitrogens with one attached hydrogen (secondary N) is 1. The van der Waals surface area contributed by atoms with Gasteiger partial charge in [0.2, 0.25) is 11.8 Å². The lowest BCUT2D eigenvalue weighted by Crippen LogP contribution is -2.41. The third-order valence-electron chi connectivity index (χ3n) is 5.66. The number of amides is 2. The molecule has 6 nitrogen and oxygen atoms in total. The van der Waals surface area contributed by atoms with E-state index in [-0.39, 0.29) is 17.7 Å². The van der Waals surface area contributed by atoms with Crippen LogP contribution in [0, 0.1) is 5.92 Å². The fraction of sp³-hybridized carbons (Fsp3) is 0.680.